The summed E-state index contributed by atoms with van der Waals surface area (Å²) < 4.78 is 0. The van der Waals surface area contributed by atoms with Crippen LogP contribution < -0.4 is 5.32 Å². The highest BCUT2D eigenvalue weighted by molar-refractivity contribution is 4.82. The van der Waals surface area contributed by atoms with Crippen LogP contribution in [0.4, 0.5) is 0 Å². The Morgan fingerprint density at radius 3 is 2.33 bits per heavy atom. The van der Waals surface area contributed by atoms with Gasteiger partial charge in [-0.3, -0.25) is 4.90 Å². The van der Waals surface area contributed by atoms with Gasteiger partial charge in [-0.25, -0.2) is 0 Å². The van der Waals surface area contributed by atoms with Crippen LogP contribution in [0.1, 0.15) is 40.0 Å². The Hall–Kier alpha value is -0.120. The van der Waals surface area contributed by atoms with E-state index < -0.39 is 0 Å². The van der Waals surface area contributed by atoms with Crippen LogP contribution in [0, 0.1) is 5.92 Å². The van der Waals surface area contributed by atoms with Gasteiger partial charge in [0.1, 0.15) is 0 Å². The second kappa shape index (κ2) is 8.13. The molecule has 0 amide bonds. The summed E-state index contributed by atoms with van der Waals surface area (Å²) in [6.07, 6.45) is 3.95. The van der Waals surface area contributed by atoms with Crippen molar-refractivity contribution >= 4 is 0 Å². The standard InChI is InChI=1S/C15H33N3/c1-6-9-16-13(2)14(3)18-10-7-15(8-11-18)12-17(4)5/h13-16H,6-12H2,1-5H3. The van der Waals surface area contributed by atoms with E-state index in [1.165, 1.54) is 38.9 Å². The topological polar surface area (TPSA) is 18.5 Å². The lowest BCUT2D eigenvalue weighted by Gasteiger charge is -2.39. The zero-order valence-corrected chi connectivity index (χ0v) is 13.1. The Labute approximate surface area is 114 Å². The Balaban J connectivity index is 2.28. The molecule has 0 aromatic rings. The molecule has 0 aromatic heterocycles. The second-order valence-corrected chi connectivity index (χ2v) is 6.22. The summed E-state index contributed by atoms with van der Waals surface area (Å²) in [5.41, 5.74) is 0. The molecule has 18 heavy (non-hydrogen) atoms. The molecule has 0 radical (unpaired) electrons. The first kappa shape index (κ1) is 15.9. The molecule has 1 N–H and O–H groups in total. The van der Waals surface area contributed by atoms with Crippen molar-refractivity contribution in [3.05, 3.63) is 0 Å². The van der Waals surface area contributed by atoms with Crippen LogP contribution in [0.15, 0.2) is 0 Å². The summed E-state index contributed by atoms with van der Waals surface area (Å²) >= 11 is 0. The van der Waals surface area contributed by atoms with Gasteiger partial charge in [0, 0.05) is 18.6 Å². The second-order valence-electron chi connectivity index (χ2n) is 6.22. The summed E-state index contributed by atoms with van der Waals surface area (Å²) in [7, 11) is 4.37. The van der Waals surface area contributed by atoms with Crippen LogP contribution in [0.3, 0.4) is 0 Å². The molecule has 108 valence electrons. The predicted molar refractivity (Wildman–Crippen MR) is 80.1 cm³/mol. The lowest BCUT2D eigenvalue weighted by atomic mass is 9.94. The number of likely N-dealkylation sites (tertiary alicyclic amines) is 1. The Bertz CT molecular complexity index is 210. The molecular formula is C15H33N3. The van der Waals surface area contributed by atoms with Gasteiger partial charge in [-0.05, 0) is 72.8 Å². The summed E-state index contributed by atoms with van der Waals surface area (Å²) in [6, 6.07) is 1.27. The number of nitrogens with one attached hydrogen (secondary N) is 1. The van der Waals surface area contributed by atoms with E-state index >= 15 is 0 Å². The quantitative estimate of drug-likeness (QED) is 0.751. The first-order valence-electron chi connectivity index (χ1n) is 7.66. The van der Waals surface area contributed by atoms with Gasteiger partial charge in [0.15, 0.2) is 0 Å². The fourth-order valence-electron chi connectivity index (χ4n) is 2.92. The molecule has 0 bridgehead atoms. The number of nitrogens with zero attached hydrogens (tertiary/aromatic N) is 2. The normalized spacial score (nSPS) is 22.3. The minimum Gasteiger partial charge on any atom is -0.313 e. The van der Waals surface area contributed by atoms with Gasteiger partial charge >= 0.3 is 0 Å². The molecule has 1 aliphatic rings. The van der Waals surface area contributed by atoms with E-state index in [2.05, 4.69) is 50.0 Å². The third kappa shape index (κ3) is 5.25. The molecule has 1 rings (SSSR count). The highest BCUT2D eigenvalue weighted by atomic mass is 15.2. The fourth-order valence-corrected chi connectivity index (χ4v) is 2.92. The molecule has 1 heterocycles. The maximum atomic E-state index is 3.62. The largest absolute Gasteiger partial charge is 0.313 e. The fraction of sp³-hybridized carbons (Fsp3) is 1.00. The van der Waals surface area contributed by atoms with Gasteiger partial charge in [0.25, 0.3) is 0 Å². The lowest BCUT2D eigenvalue weighted by molar-refractivity contribution is 0.110. The van der Waals surface area contributed by atoms with Gasteiger partial charge < -0.3 is 10.2 Å². The van der Waals surface area contributed by atoms with Crippen molar-refractivity contribution in [2.24, 2.45) is 5.92 Å². The molecular weight excluding hydrogens is 222 g/mol. The summed E-state index contributed by atoms with van der Waals surface area (Å²) in [6.45, 7) is 11.9. The number of hydrogen-bond donors (Lipinski definition) is 1. The molecule has 1 fully saturated rings. The van der Waals surface area contributed by atoms with Crippen LogP contribution in [0.2, 0.25) is 0 Å². The van der Waals surface area contributed by atoms with Crippen LogP contribution in [-0.2, 0) is 0 Å². The Morgan fingerprint density at radius 2 is 1.83 bits per heavy atom. The zero-order chi connectivity index (χ0) is 13.5. The van der Waals surface area contributed by atoms with E-state index in [9.17, 15) is 0 Å². The minimum absolute atomic E-state index is 0.607. The third-order valence-corrected chi connectivity index (χ3v) is 4.29. The molecule has 2 atom stereocenters. The summed E-state index contributed by atoms with van der Waals surface area (Å²) in [5.74, 6) is 0.905. The highest BCUT2D eigenvalue weighted by Gasteiger charge is 2.25. The van der Waals surface area contributed by atoms with E-state index in [1.54, 1.807) is 0 Å². The SMILES string of the molecule is CCCNC(C)C(C)N1CCC(CN(C)C)CC1. The number of rotatable bonds is 7. The van der Waals surface area contributed by atoms with E-state index in [0.29, 0.717) is 12.1 Å². The summed E-state index contributed by atoms with van der Waals surface area (Å²) in [5, 5.41) is 3.62. The molecule has 1 aliphatic heterocycles. The lowest BCUT2D eigenvalue weighted by Crippen LogP contribution is -2.50. The maximum absolute atomic E-state index is 3.62. The van der Waals surface area contributed by atoms with Crippen molar-refractivity contribution in [1.29, 1.82) is 0 Å². The molecule has 0 spiro atoms. The molecule has 0 saturated carbocycles. The zero-order valence-electron chi connectivity index (χ0n) is 13.1. The Morgan fingerprint density at radius 1 is 1.22 bits per heavy atom. The van der Waals surface area contributed by atoms with Gasteiger partial charge in [-0.2, -0.15) is 0 Å². The van der Waals surface area contributed by atoms with E-state index in [4.69, 9.17) is 0 Å². The average molecular weight is 255 g/mol. The highest BCUT2D eigenvalue weighted by Crippen LogP contribution is 2.20. The first-order chi connectivity index (χ1) is 8.54. The summed E-state index contributed by atoms with van der Waals surface area (Å²) in [4.78, 5) is 4.99. The van der Waals surface area contributed by atoms with Crippen molar-refractivity contribution in [3.8, 4) is 0 Å². The van der Waals surface area contributed by atoms with Gasteiger partial charge in [0.05, 0.1) is 0 Å². The Kier molecular flexibility index (Phi) is 7.20. The molecule has 2 unspecified atom stereocenters. The molecule has 3 heteroatoms. The van der Waals surface area contributed by atoms with Crippen LogP contribution >= 0.6 is 0 Å². The molecule has 0 aliphatic carbocycles. The van der Waals surface area contributed by atoms with Crippen molar-refractivity contribution in [2.75, 3.05) is 40.3 Å². The van der Waals surface area contributed by atoms with Crippen LogP contribution in [0.5, 0.6) is 0 Å². The van der Waals surface area contributed by atoms with E-state index in [1.807, 2.05) is 0 Å². The molecule has 0 aromatic carbocycles. The van der Waals surface area contributed by atoms with E-state index in [0.717, 1.165) is 12.5 Å². The van der Waals surface area contributed by atoms with Crippen LogP contribution in [0.25, 0.3) is 0 Å². The van der Waals surface area contributed by atoms with Gasteiger partial charge in [-0.15, -0.1) is 0 Å². The number of piperidine rings is 1. The first-order valence-corrected chi connectivity index (χ1v) is 7.66. The smallest absolute Gasteiger partial charge is 0.0218 e. The van der Waals surface area contributed by atoms with Crippen molar-refractivity contribution < 1.29 is 0 Å². The maximum Gasteiger partial charge on any atom is 0.0218 e. The van der Waals surface area contributed by atoms with Crippen molar-refractivity contribution in [3.63, 3.8) is 0 Å². The monoisotopic (exact) mass is 255 g/mol. The van der Waals surface area contributed by atoms with E-state index in [-0.39, 0.29) is 0 Å². The van der Waals surface area contributed by atoms with Gasteiger partial charge in [-0.1, -0.05) is 6.92 Å². The minimum atomic E-state index is 0.607. The van der Waals surface area contributed by atoms with Crippen molar-refractivity contribution in [2.45, 2.75) is 52.1 Å². The predicted octanol–water partition coefficient (Wildman–Crippen LogP) is 2.04. The van der Waals surface area contributed by atoms with Gasteiger partial charge in [0.2, 0.25) is 0 Å². The average Bonchev–Trinajstić information content (AvgIpc) is 2.35. The number of hydrogen-bond acceptors (Lipinski definition) is 3. The third-order valence-electron chi connectivity index (χ3n) is 4.29. The van der Waals surface area contributed by atoms with Crippen molar-refractivity contribution in [1.82, 2.24) is 15.1 Å². The van der Waals surface area contributed by atoms with Crippen LogP contribution in [-0.4, -0.2) is 62.2 Å². The molecule has 3 nitrogen and oxygen atoms in total. The molecule has 1 saturated heterocycles.